The van der Waals surface area contributed by atoms with E-state index in [0.29, 0.717) is 24.2 Å². The first-order valence-electron chi connectivity index (χ1n) is 21.7. The van der Waals surface area contributed by atoms with Crippen molar-refractivity contribution in [2.24, 2.45) is 5.92 Å². The maximum Gasteiger partial charge on any atom is 0.161 e. The SMILES string of the molecule is CCCCC/C=C\C/C=C\CCCCCCCCC(CCCCCCCC/C=C\C/C=C\CCCCC)C1OC2C[C@@H]([N+](C)(C)C)C[C@@H]2O1. The van der Waals surface area contributed by atoms with Crippen molar-refractivity contribution < 1.29 is 14.0 Å². The Morgan fingerprint density at radius 3 is 1.18 bits per heavy atom. The van der Waals surface area contributed by atoms with Gasteiger partial charge in [0.2, 0.25) is 0 Å². The molecule has 1 aliphatic heterocycles. The van der Waals surface area contributed by atoms with E-state index in [0.717, 1.165) is 30.2 Å². The molecule has 1 saturated heterocycles. The molecule has 3 nitrogen and oxygen atoms in total. The van der Waals surface area contributed by atoms with Gasteiger partial charge in [-0.05, 0) is 77.0 Å². The molecule has 0 amide bonds. The Hall–Kier alpha value is -1.16. The van der Waals surface area contributed by atoms with Crippen molar-refractivity contribution in [3.8, 4) is 0 Å². The predicted molar refractivity (Wildman–Crippen MR) is 216 cm³/mol. The van der Waals surface area contributed by atoms with Crippen LogP contribution in [-0.2, 0) is 9.47 Å². The van der Waals surface area contributed by atoms with Crippen LogP contribution in [0.2, 0.25) is 0 Å². The molecule has 2 unspecified atom stereocenters. The first-order valence-corrected chi connectivity index (χ1v) is 21.7. The number of fused-ring (bicyclic) bond motifs is 1. The second-order valence-electron chi connectivity index (χ2n) is 16.5. The molecular weight excluding hydrogens is 599 g/mol. The molecular formula is C46H84NO2+. The normalized spacial score (nSPS) is 21.6. The van der Waals surface area contributed by atoms with Gasteiger partial charge >= 0.3 is 0 Å². The summed E-state index contributed by atoms with van der Waals surface area (Å²) in [5, 5.41) is 0. The quantitative estimate of drug-likeness (QED) is 0.0399. The molecule has 0 aromatic rings. The third-order valence-electron chi connectivity index (χ3n) is 11.1. The van der Waals surface area contributed by atoms with Crippen molar-refractivity contribution in [2.75, 3.05) is 21.1 Å². The monoisotopic (exact) mass is 683 g/mol. The van der Waals surface area contributed by atoms with Gasteiger partial charge in [0.15, 0.2) is 6.29 Å². The maximum absolute atomic E-state index is 6.68. The van der Waals surface area contributed by atoms with Crippen molar-refractivity contribution in [1.29, 1.82) is 0 Å². The molecule has 1 saturated carbocycles. The summed E-state index contributed by atoms with van der Waals surface area (Å²) in [4.78, 5) is 0. The highest BCUT2D eigenvalue weighted by Gasteiger charge is 2.49. The van der Waals surface area contributed by atoms with E-state index in [-0.39, 0.29) is 6.29 Å². The van der Waals surface area contributed by atoms with E-state index >= 15 is 0 Å². The molecule has 0 aromatic carbocycles. The van der Waals surface area contributed by atoms with Crippen molar-refractivity contribution in [1.82, 2.24) is 0 Å². The summed E-state index contributed by atoms with van der Waals surface area (Å²) in [6.07, 6.45) is 56.0. The van der Waals surface area contributed by atoms with E-state index in [1.807, 2.05) is 0 Å². The molecule has 2 rings (SSSR count). The summed E-state index contributed by atoms with van der Waals surface area (Å²) in [5.41, 5.74) is 0. The van der Waals surface area contributed by atoms with Gasteiger partial charge in [0.1, 0.15) is 0 Å². The Morgan fingerprint density at radius 2 is 0.816 bits per heavy atom. The molecule has 2 aliphatic rings. The van der Waals surface area contributed by atoms with E-state index in [1.54, 1.807) is 0 Å². The van der Waals surface area contributed by atoms with E-state index in [4.69, 9.17) is 9.47 Å². The second-order valence-corrected chi connectivity index (χ2v) is 16.5. The number of rotatable bonds is 32. The van der Waals surface area contributed by atoms with Crippen molar-refractivity contribution in [3.63, 3.8) is 0 Å². The lowest BCUT2D eigenvalue weighted by atomic mass is 9.93. The maximum atomic E-state index is 6.68. The van der Waals surface area contributed by atoms with E-state index in [1.165, 1.54) is 154 Å². The smallest absolute Gasteiger partial charge is 0.161 e. The molecule has 0 N–H and O–H groups in total. The standard InChI is InChI=1S/C46H84NO2/c1-6-8-10-12-14-16-18-20-22-24-26-28-30-32-34-36-38-42(46-48-44-40-43(47(3,4)5)41-45(44)49-46)39-37-35-33-31-29-27-25-23-21-19-17-15-13-11-9-7-2/h14-17,20-23,42-46H,6-13,18-19,24-41H2,1-5H3/q+1/b16-14-,17-15-,22-20-,23-21-/t43-,44-,45?,46?/m0/s1. The fourth-order valence-corrected chi connectivity index (χ4v) is 7.66. The number of quaternary nitrogens is 1. The zero-order chi connectivity index (χ0) is 35.3. The highest BCUT2D eigenvalue weighted by atomic mass is 16.7. The Balaban J connectivity index is 1.58. The third-order valence-corrected chi connectivity index (χ3v) is 11.1. The Kier molecular flexibility index (Phi) is 26.4. The molecule has 0 aromatic heterocycles. The molecule has 1 heterocycles. The summed E-state index contributed by atoms with van der Waals surface area (Å²) in [6, 6.07) is 0.662. The highest BCUT2D eigenvalue weighted by molar-refractivity contribution is 4.94. The van der Waals surface area contributed by atoms with E-state index < -0.39 is 0 Å². The minimum atomic E-state index is 0.0411. The summed E-state index contributed by atoms with van der Waals surface area (Å²) < 4.78 is 14.4. The molecule has 0 bridgehead atoms. The lowest BCUT2D eigenvalue weighted by Crippen LogP contribution is -2.44. The van der Waals surface area contributed by atoms with Gasteiger partial charge in [-0.3, -0.25) is 0 Å². The average Bonchev–Trinajstić information content (AvgIpc) is 3.67. The van der Waals surface area contributed by atoms with Crippen LogP contribution in [0.25, 0.3) is 0 Å². The van der Waals surface area contributed by atoms with Gasteiger partial charge in [0.25, 0.3) is 0 Å². The summed E-state index contributed by atoms with van der Waals surface area (Å²) >= 11 is 0. The highest BCUT2D eigenvalue weighted by Crippen LogP contribution is 2.40. The van der Waals surface area contributed by atoms with Crippen LogP contribution in [0.5, 0.6) is 0 Å². The summed E-state index contributed by atoms with van der Waals surface area (Å²) in [5.74, 6) is 0.574. The van der Waals surface area contributed by atoms with Gasteiger partial charge in [-0.15, -0.1) is 0 Å². The summed E-state index contributed by atoms with van der Waals surface area (Å²) in [7, 11) is 6.97. The number of allylic oxidation sites excluding steroid dienone is 8. The number of nitrogens with zero attached hydrogens (tertiary/aromatic N) is 1. The molecule has 4 atom stereocenters. The first-order chi connectivity index (χ1) is 24.0. The van der Waals surface area contributed by atoms with Gasteiger partial charge in [-0.2, -0.15) is 0 Å². The Bertz CT molecular complexity index is 805. The Morgan fingerprint density at radius 1 is 0.469 bits per heavy atom. The molecule has 0 spiro atoms. The number of ether oxygens (including phenoxy) is 2. The minimum Gasteiger partial charge on any atom is -0.346 e. The summed E-state index contributed by atoms with van der Waals surface area (Å²) in [6.45, 7) is 4.55. The van der Waals surface area contributed by atoms with E-state index in [9.17, 15) is 0 Å². The minimum absolute atomic E-state index is 0.0411. The molecule has 1 aliphatic carbocycles. The zero-order valence-corrected chi connectivity index (χ0v) is 33.6. The van der Waals surface area contributed by atoms with Crippen LogP contribution in [-0.4, -0.2) is 50.2 Å². The zero-order valence-electron chi connectivity index (χ0n) is 33.6. The number of unbranched alkanes of at least 4 members (excludes halogenated alkanes) is 18. The number of hydrogen-bond donors (Lipinski definition) is 0. The molecule has 49 heavy (non-hydrogen) atoms. The Labute approximate surface area is 307 Å². The van der Waals surface area contributed by atoms with E-state index in [2.05, 4.69) is 83.6 Å². The van der Waals surface area contributed by atoms with Gasteiger partial charge in [0.05, 0.1) is 39.4 Å². The van der Waals surface area contributed by atoms with Crippen LogP contribution in [0, 0.1) is 5.92 Å². The van der Waals surface area contributed by atoms with Crippen LogP contribution < -0.4 is 0 Å². The van der Waals surface area contributed by atoms with Crippen LogP contribution in [0.3, 0.4) is 0 Å². The van der Waals surface area contributed by atoms with Crippen LogP contribution in [0.4, 0.5) is 0 Å². The lowest BCUT2D eigenvalue weighted by molar-refractivity contribution is -0.895. The molecule has 2 fully saturated rings. The van der Waals surface area contributed by atoms with Crippen LogP contribution in [0.15, 0.2) is 48.6 Å². The third kappa shape index (κ3) is 22.4. The fourth-order valence-electron chi connectivity index (χ4n) is 7.66. The predicted octanol–water partition coefficient (Wildman–Crippen LogP) is 14.0. The average molecular weight is 683 g/mol. The van der Waals surface area contributed by atoms with Gasteiger partial charge in [-0.1, -0.05) is 152 Å². The topological polar surface area (TPSA) is 18.5 Å². The largest absolute Gasteiger partial charge is 0.346 e. The lowest BCUT2D eigenvalue weighted by Gasteiger charge is -2.32. The van der Waals surface area contributed by atoms with Crippen LogP contribution >= 0.6 is 0 Å². The van der Waals surface area contributed by atoms with Gasteiger partial charge in [0, 0.05) is 18.8 Å². The fraction of sp³-hybridized carbons (Fsp3) is 0.826. The van der Waals surface area contributed by atoms with Crippen molar-refractivity contribution in [3.05, 3.63) is 48.6 Å². The first kappa shape index (κ1) is 44.0. The van der Waals surface area contributed by atoms with Crippen molar-refractivity contribution in [2.45, 2.75) is 218 Å². The molecule has 3 heteroatoms. The molecule has 0 radical (unpaired) electrons. The second kappa shape index (κ2) is 29.4. The number of hydrogen-bond acceptors (Lipinski definition) is 2. The van der Waals surface area contributed by atoms with Gasteiger partial charge in [-0.25, -0.2) is 0 Å². The van der Waals surface area contributed by atoms with Crippen LogP contribution in [0.1, 0.15) is 194 Å². The van der Waals surface area contributed by atoms with Crippen molar-refractivity contribution >= 4 is 0 Å². The van der Waals surface area contributed by atoms with Gasteiger partial charge < -0.3 is 14.0 Å². The molecule has 284 valence electrons.